The fourth-order valence-electron chi connectivity index (χ4n) is 2.84. The Morgan fingerprint density at radius 1 is 1.29 bits per heavy atom. The van der Waals surface area contributed by atoms with E-state index in [-0.39, 0.29) is 0 Å². The molecule has 3 aromatic rings. The highest BCUT2D eigenvalue weighted by molar-refractivity contribution is 7.08. The molecule has 0 radical (unpaired) electrons. The second-order valence-electron chi connectivity index (χ2n) is 5.61. The Morgan fingerprint density at radius 2 is 2.17 bits per heavy atom. The number of fused-ring (bicyclic) bond motifs is 1. The molecule has 0 unspecified atom stereocenters. The first-order valence-electron chi connectivity index (χ1n) is 7.67. The molecule has 24 heavy (non-hydrogen) atoms. The number of morpholine rings is 1. The van der Waals surface area contributed by atoms with Gasteiger partial charge in [0.25, 0.3) is 0 Å². The summed E-state index contributed by atoms with van der Waals surface area (Å²) in [6.07, 6.45) is -0.614. The van der Waals surface area contributed by atoms with Crippen LogP contribution in [-0.2, 0) is 9.53 Å². The van der Waals surface area contributed by atoms with Crippen molar-refractivity contribution in [3.63, 3.8) is 0 Å². The number of aromatic nitrogens is 2. The summed E-state index contributed by atoms with van der Waals surface area (Å²) in [7, 11) is 0. The Bertz CT molecular complexity index is 881. The molecule has 1 saturated heterocycles. The number of para-hydroxylation sites is 1. The van der Waals surface area contributed by atoms with Crippen LogP contribution in [0.3, 0.4) is 0 Å². The van der Waals surface area contributed by atoms with Gasteiger partial charge in [0, 0.05) is 22.9 Å². The van der Waals surface area contributed by atoms with E-state index in [1.807, 2.05) is 41.1 Å². The van der Waals surface area contributed by atoms with E-state index in [9.17, 15) is 4.79 Å². The number of hydrogen-bond acceptors (Lipinski definition) is 6. The summed E-state index contributed by atoms with van der Waals surface area (Å²) in [6, 6.07) is 9.90. The molecule has 1 fully saturated rings. The maximum Gasteiger partial charge on any atom is 0.248 e. The van der Waals surface area contributed by atoms with Crippen molar-refractivity contribution in [2.75, 3.05) is 24.6 Å². The van der Waals surface area contributed by atoms with Crippen molar-refractivity contribution in [1.29, 1.82) is 0 Å². The van der Waals surface area contributed by atoms with Gasteiger partial charge in [-0.3, -0.25) is 4.79 Å². The molecule has 122 valence electrons. The zero-order valence-corrected chi connectivity index (χ0v) is 13.7. The van der Waals surface area contributed by atoms with Crippen LogP contribution in [0.2, 0.25) is 0 Å². The maximum absolute atomic E-state index is 11.5. The van der Waals surface area contributed by atoms with Crippen LogP contribution in [0.15, 0.2) is 41.1 Å². The second kappa shape index (κ2) is 6.18. The van der Waals surface area contributed by atoms with Crippen molar-refractivity contribution >= 4 is 34.0 Å². The predicted octanol–water partition coefficient (Wildman–Crippen LogP) is 2.05. The van der Waals surface area contributed by atoms with Crippen molar-refractivity contribution in [3.8, 4) is 11.4 Å². The quantitative estimate of drug-likeness (QED) is 0.789. The molecular weight excluding hydrogens is 324 g/mol. The Hall–Kier alpha value is -2.51. The third kappa shape index (κ3) is 2.72. The molecule has 0 spiro atoms. The second-order valence-corrected chi connectivity index (χ2v) is 6.39. The Morgan fingerprint density at radius 3 is 2.96 bits per heavy atom. The van der Waals surface area contributed by atoms with Gasteiger partial charge in [-0.25, -0.2) is 9.97 Å². The molecule has 3 heterocycles. The molecule has 1 aliphatic heterocycles. The molecule has 1 amide bonds. The number of amides is 1. The average molecular weight is 340 g/mol. The van der Waals surface area contributed by atoms with E-state index >= 15 is 0 Å². The summed E-state index contributed by atoms with van der Waals surface area (Å²) in [6.45, 7) is 1.51. The molecule has 0 saturated carbocycles. The fraction of sp³-hybridized carbons (Fsp3) is 0.235. The normalized spacial score (nSPS) is 18.0. The molecule has 7 heteroatoms. The van der Waals surface area contributed by atoms with Gasteiger partial charge in [0.15, 0.2) is 11.9 Å². The van der Waals surface area contributed by atoms with Crippen LogP contribution >= 0.6 is 11.3 Å². The minimum Gasteiger partial charge on any atom is -0.367 e. The first-order chi connectivity index (χ1) is 11.7. The number of anilines is 1. The Kier molecular flexibility index (Phi) is 3.87. The van der Waals surface area contributed by atoms with Crippen LogP contribution in [0.25, 0.3) is 22.3 Å². The summed E-state index contributed by atoms with van der Waals surface area (Å²) >= 11 is 1.61. The molecule has 0 aliphatic carbocycles. The summed E-state index contributed by atoms with van der Waals surface area (Å²) in [5.74, 6) is 1.06. The van der Waals surface area contributed by atoms with E-state index in [4.69, 9.17) is 15.5 Å². The summed E-state index contributed by atoms with van der Waals surface area (Å²) in [4.78, 5) is 23.0. The first kappa shape index (κ1) is 15.0. The lowest BCUT2D eigenvalue weighted by Crippen LogP contribution is -2.48. The first-order valence-corrected chi connectivity index (χ1v) is 8.62. The van der Waals surface area contributed by atoms with E-state index in [1.54, 1.807) is 11.3 Å². The lowest BCUT2D eigenvalue weighted by molar-refractivity contribution is -0.130. The van der Waals surface area contributed by atoms with Crippen LogP contribution in [0, 0.1) is 0 Å². The summed E-state index contributed by atoms with van der Waals surface area (Å²) in [5.41, 5.74) is 7.28. The van der Waals surface area contributed by atoms with E-state index in [0.717, 1.165) is 22.3 Å². The zero-order chi connectivity index (χ0) is 16.5. The van der Waals surface area contributed by atoms with Gasteiger partial charge in [-0.1, -0.05) is 12.1 Å². The van der Waals surface area contributed by atoms with Gasteiger partial charge < -0.3 is 15.4 Å². The number of nitrogens with two attached hydrogens (primary N) is 1. The number of ether oxygens (including phenoxy) is 1. The van der Waals surface area contributed by atoms with Crippen molar-refractivity contribution in [2.24, 2.45) is 5.73 Å². The third-order valence-corrected chi connectivity index (χ3v) is 4.73. The van der Waals surface area contributed by atoms with Gasteiger partial charge in [0.2, 0.25) is 5.91 Å². The lowest BCUT2D eigenvalue weighted by Gasteiger charge is -2.32. The zero-order valence-electron chi connectivity index (χ0n) is 12.9. The van der Waals surface area contributed by atoms with Gasteiger partial charge in [0.1, 0.15) is 5.82 Å². The van der Waals surface area contributed by atoms with E-state index in [0.29, 0.717) is 25.5 Å². The smallest absolute Gasteiger partial charge is 0.248 e. The van der Waals surface area contributed by atoms with E-state index < -0.39 is 12.0 Å². The van der Waals surface area contributed by atoms with Gasteiger partial charge in [-0.2, -0.15) is 11.3 Å². The minimum absolute atomic E-state index is 0.402. The molecule has 1 aromatic carbocycles. The van der Waals surface area contributed by atoms with Crippen molar-refractivity contribution in [3.05, 3.63) is 41.1 Å². The Balaban J connectivity index is 1.82. The number of carbonyl (C=O) groups excluding carboxylic acids is 1. The molecule has 2 N–H and O–H groups in total. The number of carbonyl (C=O) groups is 1. The highest BCUT2D eigenvalue weighted by atomic mass is 32.1. The van der Waals surface area contributed by atoms with Crippen molar-refractivity contribution < 1.29 is 9.53 Å². The largest absolute Gasteiger partial charge is 0.367 e. The van der Waals surface area contributed by atoms with Gasteiger partial charge in [0.05, 0.1) is 18.7 Å². The number of nitrogens with zero attached hydrogens (tertiary/aromatic N) is 3. The number of rotatable bonds is 3. The van der Waals surface area contributed by atoms with Crippen LogP contribution in [0.5, 0.6) is 0 Å². The molecule has 2 aromatic heterocycles. The monoisotopic (exact) mass is 340 g/mol. The predicted molar refractivity (Wildman–Crippen MR) is 94.0 cm³/mol. The van der Waals surface area contributed by atoms with Crippen molar-refractivity contribution in [1.82, 2.24) is 9.97 Å². The van der Waals surface area contributed by atoms with Crippen LogP contribution in [-0.4, -0.2) is 41.7 Å². The SMILES string of the molecule is NC(=O)[C@@H]1CN(c2nc(-c3ccsc3)nc3ccccc23)CCO1. The standard InChI is InChI=1S/C17H16N4O2S/c18-15(22)14-9-21(6-7-23-14)17-12-3-1-2-4-13(12)19-16(20-17)11-5-8-24-10-11/h1-5,8,10,14H,6-7,9H2,(H2,18,22)/t14-/m0/s1. The molecule has 1 atom stereocenters. The lowest BCUT2D eigenvalue weighted by atomic mass is 10.2. The topological polar surface area (TPSA) is 81.3 Å². The Labute approximate surface area is 142 Å². The molecule has 4 rings (SSSR count). The summed E-state index contributed by atoms with van der Waals surface area (Å²) < 4.78 is 5.45. The number of benzene rings is 1. The highest BCUT2D eigenvalue weighted by Crippen LogP contribution is 2.29. The van der Waals surface area contributed by atoms with Crippen LogP contribution in [0.4, 0.5) is 5.82 Å². The molecule has 0 bridgehead atoms. The third-order valence-electron chi connectivity index (χ3n) is 4.05. The van der Waals surface area contributed by atoms with Gasteiger partial charge in [-0.15, -0.1) is 0 Å². The van der Waals surface area contributed by atoms with E-state index in [2.05, 4.69) is 9.88 Å². The van der Waals surface area contributed by atoms with Crippen molar-refractivity contribution in [2.45, 2.75) is 6.10 Å². The number of hydrogen-bond donors (Lipinski definition) is 1. The fourth-order valence-corrected chi connectivity index (χ4v) is 3.47. The molecular formula is C17H16N4O2S. The maximum atomic E-state index is 11.5. The van der Waals surface area contributed by atoms with Crippen LogP contribution in [0.1, 0.15) is 0 Å². The van der Waals surface area contributed by atoms with Gasteiger partial charge >= 0.3 is 0 Å². The number of thiophene rings is 1. The average Bonchev–Trinajstić information content (AvgIpc) is 3.15. The minimum atomic E-state index is -0.614. The van der Waals surface area contributed by atoms with Crippen LogP contribution < -0.4 is 10.6 Å². The summed E-state index contributed by atoms with van der Waals surface area (Å²) in [5, 5.41) is 4.99. The van der Waals surface area contributed by atoms with E-state index in [1.165, 1.54) is 0 Å². The molecule has 1 aliphatic rings. The highest BCUT2D eigenvalue weighted by Gasteiger charge is 2.27. The van der Waals surface area contributed by atoms with Gasteiger partial charge in [-0.05, 0) is 23.6 Å². The molecule has 6 nitrogen and oxygen atoms in total. The number of primary amides is 1.